The lowest BCUT2D eigenvalue weighted by Gasteiger charge is -2.32. The quantitative estimate of drug-likeness (QED) is 0.827. The molecule has 0 radical (unpaired) electrons. The lowest BCUT2D eigenvalue weighted by atomic mass is 10.1. The van der Waals surface area contributed by atoms with E-state index in [-0.39, 0.29) is 43.2 Å². The van der Waals surface area contributed by atoms with Crippen molar-refractivity contribution in [2.75, 3.05) is 45.1 Å². The van der Waals surface area contributed by atoms with Gasteiger partial charge >= 0.3 is 0 Å². The standard InChI is InChI=1S/C15H22N4O2.2ClH/c1-18-5-7-19(8-6-18)15(21)10-12-3-2-4-13(9-12)17-14(20)11-16;;/h2-4,9H,5-8,10-11,16H2,1H3,(H,17,20);2*1H. The fraction of sp³-hybridized carbons (Fsp3) is 0.467. The molecule has 0 unspecified atom stereocenters. The predicted octanol–water partition coefficient (Wildman–Crippen LogP) is 0.744. The maximum atomic E-state index is 12.3. The summed E-state index contributed by atoms with van der Waals surface area (Å²) in [5, 5.41) is 2.70. The molecule has 0 atom stereocenters. The van der Waals surface area contributed by atoms with Crippen LogP contribution in [0.5, 0.6) is 0 Å². The Balaban J connectivity index is 0.00000242. The zero-order valence-electron chi connectivity index (χ0n) is 13.2. The first-order chi connectivity index (χ1) is 10.1. The molecule has 1 aromatic carbocycles. The first kappa shape index (κ1) is 21.7. The van der Waals surface area contributed by atoms with Gasteiger partial charge in [-0.05, 0) is 24.7 Å². The molecular weight excluding hydrogens is 339 g/mol. The third-order valence-corrected chi connectivity index (χ3v) is 3.61. The minimum absolute atomic E-state index is 0. The average molecular weight is 363 g/mol. The molecule has 1 saturated heterocycles. The molecule has 1 aromatic rings. The van der Waals surface area contributed by atoms with Crippen molar-refractivity contribution in [1.82, 2.24) is 9.80 Å². The van der Waals surface area contributed by atoms with E-state index in [2.05, 4.69) is 17.3 Å². The van der Waals surface area contributed by atoms with Gasteiger partial charge in [-0.2, -0.15) is 0 Å². The summed E-state index contributed by atoms with van der Waals surface area (Å²) in [6.45, 7) is 3.33. The monoisotopic (exact) mass is 362 g/mol. The Hall–Kier alpha value is -1.34. The molecule has 6 nitrogen and oxygen atoms in total. The van der Waals surface area contributed by atoms with E-state index >= 15 is 0 Å². The van der Waals surface area contributed by atoms with Crippen LogP contribution in [0.1, 0.15) is 5.56 Å². The molecule has 0 bridgehead atoms. The van der Waals surface area contributed by atoms with Gasteiger partial charge < -0.3 is 20.9 Å². The first-order valence-corrected chi connectivity index (χ1v) is 7.13. The van der Waals surface area contributed by atoms with Gasteiger partial charge in [0, 0.05) is 31.9 Å². The fourth-order valence-electron chi connectivity index (χ4n) is 2.31. The smallest absolute Gasteiger partial charge is 0.238 e. The van der Waals surface area contributed by atoms with Gasteiger partial charge in [0.2, 0.25) is 11.8 Å². The van der Waals surface area contributed by atoms with Crippen LogP contribution in [0.15, 0.2) is 24.3 Å². The SMILES string of the molecule is CN1CCN(C(=O)Cc2cccc(NC(=O)CN)c2)CC1.Cl.Cl. The van der Waals surface area contributed by atoms with Gasteiger partial charge in [-0.15, -0.1) is 24.8 Å². The van der Waals surface area contributed by atoms with Crippen LogP contribution in [0.4, 0.5) is 5.69 Å². The molecule has 1 fully saturated rings. The highest BCUT2D eigenvalue weighted by Crippen LogP contribution is 2.12. The number of carbonyl (C=O) groups excluding carboxylic acids is 2. The topological polar surface area (TPSA) is 78.7 Å². The van der Waals surface area contributed by atoms with E-state index in [1.807, 2.05) is 23.1 Å². The van der Waals surface area contributed by atoms with Gasteiger partial charge in [-0.3, -0.25) is 9.59 Å². The molecule has 0 saturated carbocycles. The molecule has 3 N–H and O–H groups in total. The van der Waals surface area contributed by atoms with Crippen LogP contribution in [0.25, 0.3) is 0 Å². The second-order valence-corrected chi connectivity index (χ2v) is 5.31. The number of carbonyl (C=O) groups is 2. The number of likely N-dealkylation sites (N-methyl/N-ethyl adjacent to an activating group) is 1. The number of amides is 2. The predicted molar refractivity (Wildman–Crippen MR) is 96.4 cm³/mol. The Kier molecular flexibility index (Phi) is 9.83. The maximum absolute atomic E-state index is 12.3. The second-order valence-electron chi connectivity index (χ2n) is 5.31. The number of nitrogens with two attached hydrogens (primary N) is 1. The second kappa shape index (κ2) is 10.4. The lowest BCUT2D eigenvalue weighted by molar-refractivity contribution is -0.132. The molecule has 0 aromatic heterocycles. The summed E-state index contributed by atoms with van der Waals surface area (Å²) in [6.07, 6.45) is 0.357. The van der Waals surface area contributed by atoms with Gasteiger partial charge in [-0.25, -0.2) is 0 Å². The summed E-state index contributed by atoms with van der Waals surface area (Å²) in [5.74, 6) is -0.108. The van der Waals surface area contributed by atoms with Crippen LogP contribution < -0.4 is 11.1 Å². The third kappa shape index (κ3) is 6.74. The highest BCUT2D eigenvalue weighted by molar-refractivity contribution is 5.92. The largest absolute Gasteiger partial charge is 0.340 e. The molecule has 1 heterocycles. The number of anilines is 1. The fourth-order valence-corrected chi connectivity index (χ4v) is 2.31. The van der Waals surface area contributed by atoms with E-state index in [1.165, 1.54) is 0 Å². The van der Waals surface area contributed by atoms with Crippen LogP contribution in [0.3, 0.4) is 0 Å². The van der Waals surface area contributed by atoms with Gasteiger partial charge in [0.05, 0.1) is 13.0 Å². The van der Waals surface area contributed by atoms with E-state index in [0.717, 1.165) is 31.7 Å². The zero-order valence-corrected chi connectivity index (χ0v) is 14.8. The van der Waals surface area contributed by atoms with E-state index < -0.39 is 0 Å². The number of piperazine rings is 1. The van der Waals surface area contributed by atoms with Crippen LogP contribution in [-0.2, 0) is 16.0 Å². The van der Waals surface area contributed by atoms with Crippen molar-refractivity contribution in [3.8, 4) is 0 Å². The summed E-state index contributed by atoms with van der Waals surface area (Å²) < 4.78 is 0. The van der Waals surface area contributed by atoms with Gasteiger partial charge in [0.1, 0.15) is 0 Å². The summed E-state index contributed by atoms with van der Waals surface area (Å²) in [5.41, 5.74) is 6.84. The molecule has 8 heteroatoms. The number of rotatable bonds is 4. The number of hydrogen-bond donors (Lipinski definition) is 2. The van der Waals surface area contributed by atoms with Crippen molar-refractivity contribution in [3.05, 3.63) is 29.8 Å². The van der Waals surface area contributed by atoms with E-state index in [0.29, 0.717) is 12.1 Å². The van der Waals surface area contributed by atoms with Crippen molar-refractivity contribution < 1.29 is 9.59 Å². The van der Waals surface area contributed by atoms with Crippen molar-refractivity contribution in [3.63, 3.8) is 0 Å². The van der Waals surface area contributed by atoms with E-state index in [4.69, 9.17) is 5.73 Å². The van der Waals surface area contributed by atoms with Gasteiger partial charge in [0.15, 0.2) is 0 Å². The van der Waals surface area contributed by atoms with Gasteiger partial charge in [0.25, 0.3) is 0 Å². The van der Waals surface area contributed by atoms with Crippen molar-refractivity contribution in [2.24, 2.45) is 5.73 Å². The number of hydrogen-bond acceptors (Lipinski definition) is 4. The number of nitrogens with zero attached hydrogens (tertiary/aromatic N) is 2. The summed E-state index contributed by atoms with van der Waals surface area (Å²) in [4.78, 5) is 27.6. The Bertz CT molecular complexity index is 520. The highest BCUT2D eigenvalue weighted by Gasteiger charge is 2.19. The molecule has 2 rings (SSSR count). The van der Waals surface area contributed by atoms with Crippen molar-refractivity contribution >= 4 is 42.3 Å². The molecular formula is C15H24Cl2N4O2. The molecule has 0 spiro atoms. The van der Waals surface area contributed by atoms with E-state index in [9.17, 15) is 9.59 Å². The van der Waals surface area contributed by atoms with Crippen molar-refractivity contribution in [1.29, 1.82) is 0 Å². The molecule has 2 amide bonds. The maximum Gasteiger partial charge on any atom is 0.238 e. The minimum atomic E-state index is -0.238. The number of nitrogens with one attached hydrogen (secondary N) is 1. The highest BCUT2D eigenvalue weighted by atomic mass is 35.5. The van der Waals surface area contributed by atoms with Crippen LogP contribution in [-0.4, -0.2) is 61.4 Å². The Morgan fingerprint density at radius 2 is 1.83 bits per heavy atom. The van der Waals surface area contributed by atoms with Gasteiger partial charge in [-0.1, -0.05) is 12.1 Å². The molecule has 1 aliphatic rings. The zero-order chi connectivity index (χ0) is 15.2. The summed E-state index contributed by atoms with van der Waals surface area (Å²) >= 11 is 0. The van der Waals surface area contributed by atoms with Crippen molar-refractivity contribution in [2.45, 2.75) is 6.42 Å². The summed E-state index contributed by atoms with van der Waals surface area (Å²) in [7, 11) is 2.06. The minimum Gasteiger partial charge on any atom is -0.340 e. The first-order valence-electron chi connectivity index (χ1n) is 7.13. The Morgan fingerprint density at radius 3 is 2.43 bits per heavy atom. The number of benzene rings is 1. The lowest BCUT2D eigenvalue weighted by Crippen LogP contribution is -2.47. The Morgan fingerprint density at radius 1 is 1.17 bits per heavy atom. The average Bonchev–Trinajstić information content (AvgIpc) is 2.48. The van der Waals surface area contributed by atoms with E-state index in [1.54, 1.807) is 6.07 Å². The molecule has 1 aliphatic heterocycles. The number of halogens is 2. The Labute approximate surface area is 149 Å². The molecule has 0 aliphatic carbocycles. The van der Waals surface area contributed by atoms with Crippen LogP contribution in [0.2, 0.25) is 0 Å². The third-order valence-electron chi connectivity index (χ3n) is 3.61. The molecule has 23 heavy (non-hydrogen) atoms. The van der Waals surface area contributed by atoms with Crippen LogP contribution >= 0.6 is 24.8 Å². The summed E-state index contributed by atoms with van der Waals surface area (Å²) in [6, 6.07) is 7.34. The normalized spacial score (nSPS) is 14.4. The van der Waals surface area contributed by atoms with Crippen LogP contribution in [0, 0.1) is 0 Å². The molecule has 130 valence electrons.